The summed E-state index contributed by atoms with van der Waals surface area (Å²) in [6, 6.07) is 11.9. The van der Waals surface area contributed by atoms with Crippen LogP contribution in [-0.2, 0) is 21.2 Å². The van der Waals surface area contributed by atoms with Gasteiger partial charge in [-0.1, -0.05) is 12.1 Å². The van der Waals surface area contributed by atoms with Gasteiger partial charge in [0.05, 0.1) is 17.6 Å². The molecule has 0 radical (unpaired) electrons. The molecule has 3 aromatic rings. The first-order valence-corrected chi connectivity index (χ1v) is 10.5. The average Bonchev–Trinajstić information content (AvgIpc) is 3.03. The van der Waals surface area contributed by atoms with Crippen molar-refractivity contribution in [3.05, 3.63) is 59.9 Å². The fraction of sp³-hybridized carbons (Fsp3) is 0.286. The lowest BCUT2D eigenvalue weighted by molar-refractivity contribution is -0.115. The van der Waals surface area contributed by atoms with Gasteiger partial charge in [-0.05, 0) is 56.7 Å². The van der Waals surface area contributed by atoms with Crippen LogP contribution in [0.25, 0.3) is 11.0 Å². The molecule has 0 spiro atoms. The third-order valence-corrected chi connectivity index (χ3v) is 6.75. The van der Waals surface area contributed by atoms with Gasteiger partial charge in [0.1, 0.15) is 5.58 Å². The van der Waals surface area contributed by atoms with Crippen LogP contribution in [0.1, 0.15) is 25.0 Å². The van der Waals surface area contributed by atoms with Crippen LogP contribution in [0, 0.1) is 6.92 Å². The molecule has 0 aliphatic heterocycles. The molecule has 1 aromatic heterocycles. The lowest BCUT2D eigenvalue weighted by Crippen LogP contribution is -2.33. The van der Waals surface area contributed by atoms with E-state index in [1.54, 1.807) is 25.4 Å². The highest BCUT2D eigenvalue weighted by molar-refractivity contribution is 7.89. The van der Waals surface area contributed by atoms with Gasteiger partial charge in [-0.3, -0.25) is 4.79 Å². The Balaban J connectivity index is 1.71. The van der Waals surface area contributed by atoms with Crippen LogP contribution < -0.4 is 5.32 Å². The van der Waals surface area contributed by atoms with Crippen molar-refractivity contribution in [2.24, 2.45) is 0 Å². The monoisotopic (exact) mass is 400 g/mol. The molecule has 1 amide bonds. The number of hydrogen-bond acceptors (Lipinski definition) is 4. The fourth-order valence-corrected chi connectivity index (χ4v) is 4.23. The summed E-state index contributed by atoms with van der Waals surface area (Å²) in [5, 5.41) is 3.71. The van der Waals surface area contributed by atoms with Crippen LogP contribution in [0.2, 0.25) is 0 Å². The van der Waals surface area contributed by atoms with Gasteiger partial charge in [0.2, 0.25) is 15.9 Å². The molecule has 1 N–H and O–H groups in total. The third kappa shape index (κ3) is 4.10. The van der Waals surface area contributed by atoms with E-state index in [0.717, 1.165) is 22.1 Å². The first-order chi connectivity index (χ1) is 13.2. The van der Waals surface area contributed by atoms with Crippen molar-refractivity contribution in [2.75, 3.05) is 12.4 Å². The van der Waals surface area contributed by atoms with E-state index in [4.69, 9.17) is 4.42 Å². The highest BCUT2D eigenvalue weighted by Crippen LogP contribution is 2.23. The lowest BCUT2D eigenvalue weighted by atomic mass is 10.1. The van der Waals surface area contributed by atoms with E-state index in [2.05, 4.69) is 5.32 Å². The van der Waals surface area contributed by atoms with Gasteiger partial charge in [0, 0.05) is 29.7 Å². The number of hydrogen-bond donors (Lipinski definition) is 1. The van der Waals surface area contributed by atoms with Gasteiger partial charge < -0.3 is 9.73 Å². The Hall–Kier alpha value is -2.64. The van der Waals surface area contributed by atoms with E-state index in [1.807, 2.05) is 39.0 Å². The summed E-state index contributed by atoms with van der Waals surface area (Å²) in [7, 11) is -2.00. The number of amides is 1. The van der Waals surface area contributed by atoms with Crippen molar-refractivity contribution in [1.29, 1.82) is 0 Å². The molecular formula is C21H24N2O4S. The lowest BCUT2D eigenvalue weighted by Gasteiger charge is -2.21. The molecule has 28 heavy (non-hydrogen) atoms. The summed E-state index contributed by atoms with van der Waals surface area (Å²) in [6.07, 6.45) is 1.77. The van der Waals surface area contributed by atoms with Gasteiger partial charge in [-0.2, -0.15) is 4.31 Å². The molecule has 6 nitrogen and oxygen atoms in total. The minimum Gasteiger partial charge on any atom is -0.464 e. The zero-order valence-electron chi connectivity index (χ0n) is 16.4. The second-order valence-corrected chi connectivity index (χ2v) is 9.12. The summed E-state index contributed by atoms with van der Waals surface area (Å²) in [5.74, 6) is -0.196. The molecule has 0 fully saturated rings. The van der Waals surface area contributed by atoms with E-state index in [9.17, 15) is 13.2 Å². The second kappa shape index (κ2) is 7.77. The first-order valence-electron chi connectivity index (χ1n) is 9.03. The van der Waals surface area contributed by atoms with Crippen molar-refractivity contribution in [1.82, 2.24) is 4.31 Å². The highest BCUT2D eigenvalue weighted by atomic mass is 32.2. The zero-order valence-corrected chi connectivity index (χ0v) is 17.2. The van der Waals surface area contributed by atoms with Crippen molar-refractivity contribution in [2.45, 2.75) is 38.1 Å². The number of anilines is 1. The van der Waals surface area contributed by atoms with Crippen molar-refractivity contribution < 1.29 is 17.6 Å². The van der Waals surface area contributed by atoms with Crippen molar-refractivity contribution in [3.63, 3.8) is 0 Å². The number of carbonyl (C=O) groups excluding carboxylic acids is 1. The van der Waals surface area contributed by atoms with Gasteiger partial charge in [0.25, 0.3) is 0 Å². The summed E-state index contributed by atoms with van der Waals surface area (Å²) in [4.78, 5) is 12.6. The van der Waals surface area contributed by atoms with Crippen LogP contribution in [0.4, 0.5) is 5.69 Å². The molecule has 1 heterocycles. The number of carbonyl (C=O) groups is 1. The number of aryl methyl sites for hydroxylation is 1. The minimum absolute atomic E-state index is 0.141. The number of nitrogens with zero attached hydrogens (tertiary/aromatic N) is 1. The third-order valence-electron chi connectivity index (χ3n) is 4.70. The minimum atomic E-state index is -3.54. The summed E-state index contributed by atoms with van der Waals surface area (Å²) < 4.78 is 31.8. The van der Waals surface area contributed by atoms with Gasteiger partial charge in [0.15, 0.2) is 0 Å². The molecule has 0 atom stereocenters. The van der Waals surface area contributed by atoms with Gasteiger partial charge in [-0.25, -0.2) is 8.42 Å². The van der Waals surface area contributed by atoms with E-state index < -0.39 is 10.0 Å². The number of rotatable bonds is 6. The molecule has 7 heteroatoms. The standard InChI is InChI=1S/C21H24N2O4S/c1-14(2)23(4)28(25,26)18-8-6-17(7-9-18)22-21(24)12-16-13-27-20-11-15(3)5-10-19(16)20/h5-11,13-14H,12H2,1-4H3,(H,22,24). The predicted molar refractivity (Wildman–Crippen MR) is 110 cm³/mol. The van der Waals surface area contributed by atoms with Crippen LogP contribution in [0.15, 0.2) is 58.0 Å². The van der Waals surface area contributed by atoms with E-state index >= 15 is 0 Å². The molecule has 0 saturated carbocycles. The molecule has 0 bridgehead atoms. The maximum Gasteiger partial charge on any atom is 0.243 e. The number of furan rings is 1. The Kier molecular flexibility index (Phi) is 5.58. The van der Waals surface area contributed by atoms with E-state index in [-0.39, 0.29) is 23.3 Å². The Bertz CT molecular complexity index is 1100. The Labute approximate surface area is 165 Å². The van der Waals surface area contributed by atoms with E-state index in [0.29, 0.717) is 5.69 Å². The number of sulfonamides is 1. The second-order valence-electron chi connectivity index (χ2n) is 7.12. The van der Waals surface area contributed by atoms with Crippen molar-refractivity contribution in [3.8, 4) is 0 Å². The SMILES string of the molecule is Cc1ccc2c(CC(=O)Nc3ccc(S(=O)(=O)N(C)C(C)C)cc3)coc2c1. The fourth-order valence-electron chi connectivity index (χ4n) is 2.86. The first kappa shape index (κ1) is 20.1. The normalized spacial score (nSPS) is 12.1. The molecule has 3 rings (SSSR count). The molecular weight excluding hydrogens is 376 g/mol. The van der Waals surface area contributed by atoms with Crippen LogP contribution >= 0.6 is 0 Å². The maximum absolute atomic E-state index is 12.5. The van der Waals surface area contributed by atoms with Gasteiger partial charge >= 0.3 is 0 Å². The topological polar surface area (TPSA) is 79.6 Å². The Morgan fingerprint density at radius 1 is 1.14 bits per heavy atom. The molecule has 2 aromatic carbocycles. The van der Waals surface area contributed by atoms with Crippen LogP contribution in [0.3, 0.4) is 0 Å². The zero-order chi connectivity index (χ0) is 20.5. The smallest absolute Gasteiger partial charge is 0.243 e. The Morgan fingerprint density at radius 2 is 1.82 bits per heavy atom. The van der Waals surface area contributed by atoms with Crippen LogP contribution in [-0.4, -0.2) is 31.7 Å². The number of nitrogens with one attached hydrogen (secondary N) is 1. The molecule has 0 aliphatic rings. The van der Waals surface area contributed by atoms with Crippen LogP contribution in [0.5, 0.6) is 0 Å². The number of fused-ring (bicyclic) bond motifs is 1. The molecule has 0 unspecified atom stereocenters. The Morgan fingerprint density at radius 3 is 2.46 bits per heavy atom. The van der Waals surface area contributed by atoms with E-state index in [1.165, 1.54) is 16.4 Å². The predicted octanol–water partition coefficient (Wildman–Crippen LogP) is 3.95. The number of benzene rings is 2. The molecule has 0 saturated heterocycles. The summed E-state index contributed by atoms with van der Waals surface area (Å²) >= 11 is 0. The van der Waals surface area contributed by atoms with Gasteiger partial charge in [-0.15, -0.1) is 0 Å². The molecule has 148 valence electrons. The summed E-state index contributed by atoms with van der Waals surface area (Å²) in [6.45, 7) is 5.61. The average molecular weight is 401 g/mol. The largest absolute Gasteiger partial charge is 0.464 e. The highest BCUT2D eigenvalue weighted by Gasteiger charge is 2.22. The maximum atomic E-state index is 12.5. The molecule has 0 aliphatic carbocycles. The summed E-state index contributed by atoms with van der Waals surface area (Å²) in [5.41, 5.74) is 3.20. The quantitative estimate of drug-likeness (QED) is 0.679. The van der Waals surface area contributed by atoms with Crippen molar-refractivity contribution >= 4 is 32.6 Å².